The van der Waals surface area contributed by atoms with E-state index >= 15 is 0 Å². The lowest BCUT2D eigenvalue weighted by Crippen LogP contribution is -2.15. The summed E-state index contributed by atoms with van der Waals surface area (Å²) in [6, 6.07) is 6.14. The highest BCUT2D eigenvalue weighted by Crippen LogP contribution is 2.32. The molecule has 0 saturated carbocycles. The van der Waals surface area contributed by atoms with Gasteiger partial charge in [0.05, 0.1) is 0 Å². The van der Waals surface area contributed by atoms with Crippen molar-refractivity contribution >= 4 is 11.1 Å². The van der Waals surface area contributed by atoms with Crippen LogP contribution in [0.4, 0.5) is 0 Å². The Morgan fingerprint density at radius 3 is 2.86 bits per heavy atom. The van der Waals surface area contributed by atoms with Crippen LogP contribution in [0.1, 0.15) is 32.8 Å². The normalized spacial score (nSPS) is 12.2. The maximum Gasteiger partial charge on any atom is 0.181 e. The molecule has 0 amide bonds. The van der Waals surface area contributed by atoms with Crippen LogP contribution in [-0.4, -0.2) is 4.98 Å². The van der Waals surface area contributed by atoms with Gasteiger partial charge in [-0.15, -0.1) is 0 Å². The van der Waals surface area contributed by atoms with Crippen molar-refractivity contribution in [3.05, 3.63) is 30.2 Å². The molecule has 0 aliphatic rings. The van der Waals surface area contributed by atoms with E-state index in [1.54, 1.807) is 0 Å². The summed E-state index contributed by atoms with van der Waals surface area (Å²) in [6.45, 7) is 6.64. The van der Waals surface area contributed by atoms with Gasteiger partial charge < -0.3 is 4.42 Å². The predicted octanol–water partition coefficient (Wildman–Crippen LogP) is 3.52. The van der Waals surface area contributed by atoms with Crippen molar-refractivity contribution in [1.82, 2.24) is 4.98 Å². The Morgan fingerprint density at radius 1 is 1.36 bits per heavy atom. The topological polar surface area (TPSA) is 26.0 Å². The highest BCUT2D eigenvalue weighted by molar-refractivity contribution is 5.77. The summed E-state index contributed by atoms with van der Waals surface area (Å²) in [7, 11) is 0. The molecule has 0 aliphatic carbocycles. The van der Waals surface area contributed by atoms with Crippen LogP contribution in [0.2, 0.25) is 0 Å². The first kappa shape index (κ1) is 9.25. The highest BCUT2D eigenvalue weighted by Gasteiger charge is 2.22. The van der Waals surface area contributed by atoms with E-state index in [0.29, 0.717) is 0 Å². The smallest absolute Gasteiger partial charge is 0.181 e. The van der Waals surface area contributed by atoms with Crippen LogP contribution in [0, 0.1) is 0 Å². The first-order valence-corrected chi connectivity index (χ1v) is 4.98. The number of hydrogen-bond donors (Lipinski definition) is 0. The highest BCUT2D eigenvalue weighted by atomic mass is 16.3. The van der Waals surface area contributed by atoms with Crippen molar-refractivity contribution in [1.29, 1.82) is 0 Å². The Balaban J connectivity index is 2.67. The fourth-order valence-corrected chi connectivity index (χ4v) is 1.61. The van der Waals surface area contributed by atoms with Gasteiger partial charge in [-0.1, -0.05) is 32.9 Å². The second kappa shape index (κ2) is 3.12. The van der Waals surface area contributed by atoms with E-state index < -0.39 is 0 Å². The van der Waals surface area contributed by atoms with Crippen LogP contribution in [0.25, 0.3) is 11.1 Å². The number of fused-ring (bicyclic) bond motifs is 1. The zero-order valence-corrected chi connectivity index (χ0v) is 8.87. The second-order valence-electron chi connectivity index (χ2n) is 4.24. The lowest BCUT2D eigenvalue weighted by atomic mass is 9.82. The molecule has 2 heteroatoms. The van der Waals surface area contributed by atoms with Gasteiger partial charge in [-0.3, -0.25) is 0 Å². The van der Waals surface area contributed by atoms with E-state index in [0.717, 1.165) is 17.5 Å². The molecule has 2 aromatic rings. The maximum atomic E-state index is 5.43. The zero-order chi connectivity index (χ0) is 10.2. The van der Waals surface area contributed by atoms with E-state index in [4.69, 9.17) is 4.42 Å². The average Bonchev–Trinajstić information content (AvgIpc) is 2.64. The van der Waals surface area contributed by atoms with E-state index in [1.807, 2.05) is 12.1 Å². The van der Waals surface area contributed by atoms with Gasteiger partial charge in [0.25, 0.3) is 0 Å². The van der Waals surface area contributed by atoms with Crippen molar-refractivity contribution in [3.63, 3.8) is 0 Å². The van der Waals surface area contributed by atoms with Gasteiger partial charge in [-0.25, -0.2) is 4.98 Å². The Labute approximate surface area is 84.0 Å². The molecule has 1 heterocycles. The van der Waals surface area contributed by atoms with Gasteiger partial charge >= 0.3 is 0 Å². The zero-order valence-electron chi connectivity index (χ0n) is 8.87. The number of rotatable bonds is 2. The summed E-state index contributed by atoms with van der Waals surface area (Å²) >= 11 is 0. The van der Waals surface area contributed by atoms with Crippen molar-refractivity contribution in [2.45, 2.75) is 32.6 Å². The fourth-order valence-electron chi connectivity index (χ4n) is 1.61. The minimum Gasteiger partial charge on any atom is -0.443 e. The number of aromatic nitrogens is 1. The molecule has 1 aromatic carbocycles. The molecule has 1 aromatic heterocycles. The van der Waals surface area contributed by atoms with Gasteiger partial charge in [0.1, 0.15) is 5.52 Å². The number of hydrogen-bond acceptors (Lipinski definition) is 2. The molecule has 0 aliphatic heterocycles. The molecule has 2 nitrogen and oxygen atoms in total. The van der Waals surface area contributed by atoms with Crippen LogP contribution >= 0.6 is 0 Å². The Morgan fingerprint density at radius 2 is 2.14 bits per heavy atom. The first-order chi connectivity index (χ1) is 6.65. The summed E-state index contributed by atoms with van der Waals surface area (Å²) in [5, 5.41) is 0. The number of benzene rings is 1. The Hall–Kier alpha value is -1.31. The van der Waals surface area contributed by atoms with Crippen LogP contribution in [0.15, 0.2) is 29.0 Å². The van der Waals surface area contributed by atoms with E-state index in [1.165, 1.54) is 12.0 Å². The molecule has 74 valence electrons. The van der Waals surface area contributed by atoms with Gasteiger partial charge in [-0.05, 0) is 17.9 Å². The lowest BCUT2D eigenvalue weighted by molar-refractivity contribution is 0.495. The van der Waals surface area contributed by atoms with Crippen LogP contribution in [0.3, 0.4) is 0 Å². The summed E-state index contributed by atoms with van der Waals surface area (Å²) < 4.78 is 5.43. The minimum atomic E-state index is 0.152. The molecular weight excluding hydrogens is 174 g/mol. The molecule has 0 fully saturated rings. The molecular formula is C12H15NO. The molecule has 0 saturated heterocycles. The summed E-state index contributed by atoms with van der Waals surface area (Å²) in [4.78, 5) is 4.16. The van der Waals surface area contributed by atoms with Crippen LogP contribution in [-0.2, 0) is 5.41 Å². The van der Waals surface area contributed by atoms with E-state index in [9.17, 15) is 0 Å². The summed E-state index contributed by atoms with van der Waals surface area (Å²) in [6.07, 6.45) is 2.60. The fraction of sp³-hybridized carbons (Fsp3) is 0.417. The van der Waals surface area contributed by atoms with Crippen LogP contribution < -0.4 is 0 Å². The van der Waals surface area contributed by atoms with Gasteiger partial charge in [-0.2, -0.15) is 0 Å². The standard InChI is InChI=1S/C12H15NO/c1-4-12(2,3)9-6-5-7-10-11(9)14-8-13-10/h5-8H,4H2,1-3H3. The quantitative estimate of drug-likeness (QED) is 0.722. The van der Waals surface area contributed by atoms with Crippen molar-refractivity contribution in [2.75, 3.05) is 0 Å². The molecule has 2 rings (SSSR count). The SMILES string of the molecule is CCC(C)(C)c1cccc2ncoc12. The average molecular weight is 189 g/mol. The van der Waals surface area contributed by atoms with Crippen molar-refractivity contribution in [3.8, 4) is 0 Å². The molecule has 0 N–H and O–H groups in total. The minimum absolute atomic E-state index is 0.152. The summed E-state index contributed by atoms with van der Waals surface area (Å²) in [5.41, 5.74) is 3.28. The first-order valence-electron chi connectivity index (χ1n) is 4.98. The van der Waals surface area contributed by atoms with Crippen molar-refractivity contribution in [2.24, 2.45) is 0 Å². The van der Waals surface area contributed by atoms with Crippen molar-refractivity contribution < 1.29 is 4.42 Å². The van der Waals surface area contributed by atoms with E-state index in [-0.39, 0.29) is 5.41 Å². The predicted molar refractivity (Wildman–Crippen MR) is 57.3 cm³/mol. The maximum absolute atomic E-state index is 5.43. The lowest BCUT2D eigenvalue weighted by Gasteiger charge is -2.22. The number of para-hydroxylation sites is 1. The van der Waals surface area contributed by atoms with Gasteiger partial charge in [0.15, 0.2) is 12.0 Å². The van der Waals surface area contributed by atoms with Gasteiger partial charge in [0, 0.05) is 5.56 Å². The second-order valence-corrected chi connectivity index (χ2v) is 4.24. The summed E-state index contributed by atoms with van der Waals surface area (Å²) in [5.74, 6) is 0. The number of oxazole rings is 1. The third kappa shape index (κ3) is 1.31. The molecule has 0 unspecified atom stereocenters. The molecule has 0 spiro atoms. The number of nitrogens with zero attached hydrogens (tertiary/aromatic N) is 1. The molecule has 0 radical (unpaired) electrons. The third-order valence-electron chi connectivity index (χ3n) is 2.97. The van der Waals surface area contributed by atoms with E-state index in [2.05, 4.69) is 31.8 Å². The molecule has 0 bridgehead atoms. The Kier molecular flexibility index (Phi) is 2.06. The monoisotopic (exact) mass is 189 g/mol. The molecule has 14 heavy (non-hydrogen) atoms. The van der Waals surface area contributed by atoms with Crippen LogP contribution in [0.5, 0.6) is 0 Å². The third-order valence-corrected chi connectivity index (χ3v) is 2.97. The molecule has 0 atom stereocenters. The Bertz CT molecular complexity index is 442. The van der Waals surface area contributed by atoms with Gasteiger partial charge in [0.2, 0.25) is 0 Å². The largest absolute Gasteiger partial charge is 0.443 e.